The lowest BCUT2D eigenvalue weighted by Gasteiger charge is -2.26. The third-order valence-electron chi connectivity index (χ3n) is 5.45. The van der Waals surface area contributed by atoms with Crippen LogP contribution in [0.25, 0.3) is 5.76 Å². The van der Waals surface area contributed by atoms with Gasteiger partial charge in [-0.25, -0.2) is 4.39 Å². The van der Waals surface area contributed by atoms with Crippen molar-refractivity contribution >= 4 is 23.1 Å². The summed E-state index contributed by atoms with van der Waals surface area (Å²) in [7, 11) is 0. The Morgan fingerprint density at radius 3 is 2.18 bits per heavy atom. The Morgan fingerprint density at radius 1 is 0.912 bits per heavy atom. The zero-order chi connectivity index (χ0) is 24.2. The Morgan fingerprint density at radius 2 is 1.53 bits per heavy atom. The first-order valence-electron chi connectivity index (χ1n) is 11.0. The molecule has 174 valence electrons. The molecule has 1 amide bonds. The Kier molecular flexibility index (Phi) is 6.63. The number of anilines is 1. The summed E-state index contributed by atoms with van der Waals surface area (Å²) in [4.78, 5) is 27.8. The summed E-state index contributed by atoms with van der Waals surface area (Å²) in [5, 5.41) is 11.1. The van der Waals surface area contributed by atoms with Crippen LogP contribution in [-0.2, 0) is 9.59 Å². The fourth-order valence-corrected chi connectivity index (χ4v) is 4.01. The van der Waals surface area contributed by atoms with Gasteiger partial charge in [0, 0.05) is 17.3 Å². The first-order valence-corrected chi connectivity index (χ1v) is 11.0. The van der Waals surface area contributed by atoms with Gasteiger partial charge in [0.25, 0.3) is 11.7 Å². The van der Waals surface area contributed by atoms with E-state index in [9.17, 15) is 19.1 Å². The molecule has 0 aromatic heterocycles. The smallest absolute Gasteiger partial charge is 0.300 e. The predicted molar refractivity (Wildman–Crippen MR) is 126 cm³/mol. The van der Waals surface area contributed by atoms with Crippen LogP contribution in [0.15, 0.2) is 78.4 Å². The number of ketones is 1. The quantitative estimate of drug-likeness (QED) is 0.296. The Balaban J connectivity index is 1.92. The number of nitrogens with zero attached hydrogens (tertiary/aromatic N) is 1. The highest BCUT2D eigenvalue weighted by Gasteiger charge is 2.47. The number of benzene rings is 3. The third kappa shape index (κ3) is 4.37. The van der Waals surface area contributed by atoms with E-state index in [1.54, 1.807) is 48.5 Å². The van der Waals surface area contributed by atoms with Gasteiger partial charge in [-0.3, -0.25) is 14.5 Å². The first-order chi connectivity index (χ1) is 16.4. The molecule has 1 fully saturated rings. The summed E-state index contributed by atoms with van der Waals surface area (Å²) >= 11 is 0. The Hall–Kier alpha value is -4.13. The number of amides is 1. The number of hydrogen-bond donors (Lipinski definition) is 1. The van der Waals surface area contributed by atoms with Gasteiger partial charge in [0.1, 0.15) is 23.1 Å². The van der Waals surface area contributed by atoms with Crippen LogP contribution in [0.4, 0.5) is 10.1 Å². The first kappa shape index (κ1) is 23.0. The van der Waals surface area contributed by atoms with Gasteiger partial charge in [0.2, 0.25) is 0 Å². The minimum absolute atomic E-state index is 0.0907. The number of halogens is 1. The highest BCUT2D eigenvalue weighted by Crippen LogP contribution is 2.43. The molecule has 0 radical (unpaired) electrons. The van der Waals surface area contributed by atoms with Gasteiger partial charge in [-0.15, -0.1) is 0 Å². The van der Waals surface area contributed by atoms with E-state index in [4.69, 9.17) is 9.47 Å². The Labute approximate surface area is 196 Å². The lowest BCUT2D eigenvalue weighted by atomic mass is 9.95. The van der Waals surface area contributed by atoms with Gasteiger partial charge in [-0.1, -0.05) is 18.2 Å². The van der Waals surface area contributed by atoms with Crippen molar-refractivity contribution in [2.45, 2.75) is 19.9 Å². The minimum Gasteiger partial charge on any atom is -0.507 e. The molecular formula is C27H24FNO5. The molecule has 1 aliphatic heterocycles. The molecule has 1 unspecified atom stereocenters. The highest BCUT2D eigenvalue weighted by atomic mass is 19.1. The number of ether oxygens (including phenoxy) is 2. The molecule has 0 aliphatic carbocycles. The molecule has 3 aromatic carbocycles. The van der Waals surface area contributed by atoms with Crippen molar-refractivity contribution in [3.05, 3.63) is 95.3 Å². The zero-order valence-corrected chi connectivity index (χ0v) is 18.8. The standard InChI is InChI=1S/C27H24FNO5/c1-3-33-21-9-5-7-18(15-21)24-23(25(30)17-11-13-19(28)14-12-17)26(31)27(32)29(24)20-8-6-10-22(16-20)34-4-2/h5-16,24,30H,3-4H2,1-2H3/b25-23+. The van der Waals surface area contributed by atoms with E-state index < -0.39 is 23.5 Å². The van der Waals surface area contributed by atoms with Gasteiger partial charge < -0.3 is 14.6 Å². The molecule has 1 atom stereocenters. The van der Waals surface area contributed by atoms with Crippen molar-refractivity contribution in [2.24, 2.45) is 0 Å². The number of hydrogen-bond acceptors (Lipinski definition) is 5. The number of carbonyl (C=O) groups is 2. The normalized spacial score (nSPS) is 17.1. The average molecular weight is 461 g/mol. The molecule has 1 heterocycles. The second-order valence-electron chi connectivity index (χ2n) is 7.61. The van der Waals surface area contributed by atoms with Crippen LogP contribution in [0.3, 0.4) is 0 Å². The number of Topliss-reactive ketones (excluding diaryl/α,β-unsaturated/α-hetero) is 1. The molecule has 0 saturated carbocycles. The predicted octanol–water partition coefficient (Wildman–Crippen LogP) is 5.25. The van der Waals surface area contributed by atoms with E-state index in [1.807, 2.05) is 13.8 Å². The van der Waals surface area contributed by atoms with Crippen molar-refractivity contribution in [3.63, 3.8) is 0 Å². The summed E-state index contributed by atoms with van der Waals surface area (Å²) < 4.78 is 24.6. The van der Waals surface area contributed by atoms with Gasteiger partial charge in [0.05, 0.1) is 24.8 Å². The van der Waals surface area contributed by atoms with Gasteiger partial charge in [-0.2, -0.15) is 0 Å². The number of carbonyl (C=O) groups excluding carboxylic acids is 2. The molecule has 1 N–H and O–H groups in total. The summed E-state index contributed by atoms with van der Waals surface area (Å²) in [6.45, 7) is 4.58. The van der Waals surface area contributed by atoms with Gasteiger partial charge in [0.15, 0.2) is 0 Å². The van der Waals surface area contributed by atoms with E-state index in [-0.39, 0.29) is 16.9 Å². The largest absolute Gasteiger partial charge is 0.507 e. The second kappa shape index (κ2) is 9.79. The molecule has 0 bridgehead atoms. The topological polar surface area (TPSA) is 76.1 Å². The molecule has 1 saturated heterocycles. The maximum absolute atomic E-state index is 13.5. The van der Waals surface area contributed by atoms with Crippen LogP contribution in [0.5, 0.6) is 11.5 Å². The highest BCUT2D eigenvalue weighted by molar-refractivity contribution is 6.51. The SMILES string of the molecule is CCOc1cccc(C2/C(=C(\O)c3ccc(F)cc3)C(=O)C(=O)N2c2cccc(OCC)c2)c1. The fourth-order valence-electron chi connectivity index (χ4n) is 4.01. The van der Waals surface area contributed by atoms with Gasteiger partial charge >= 0.3 is 0 Å². The average Bonchev–Trinajstić information content (AvgIpc) is 3.10. The van der Waals surface area contributed by atoms with E-state index in [0.29, 0.717) is 36.0 Å². The second-order valence-corrected chi connectivity index (χ2v) is 7.61. The van der Waals surface area contributed by atoms with Crippen LogP contribution in [0, 0.1) is 5.82 Å². The van der Waals surface area contributed by atoms with Crippen LogP contribution >= 0.6 is 0 Å². The molecule has 1 aliphatic rings. The molecule has 0 spiro atoms. The maximum Gasteiger partial charge on any atom is 0.300 e. The summed E-state index contributed by atoms with van der Waals surface area (Å²) in [6.07, 6.45) is 0. The van der Waals surface area contributed by atoms with Crippen molar-refractivity contribution in [3.8, 4) is 11.5 Å². The third-order valence-corrected chi connectivity index (χ3v) is 5.45. The molecular weight excluding hydrogens is 437 g/mol. The molecule has 34 heavy (non-hydrogen) atoms. The van der Waals surface area contributed by atoms with Crippen LogP contribution in [-0.4, -0.2) is 30.0 Å². The van der Waals surface area contributed by atoms with Crippen molar-refractivity contribution in [1.29, 1.82) is 0 Å². The number of aliphatic hydroxyl groups excluding tert-OH is 1. The molecule has 3 aromatic rings. The fraction of sp³-hybridized carbons (Fsp3) is 0.185. The van der Waals surface area contributed by atoms with Crippen molar-refractivity contribution in [1.82, 2.24) is 0 Å². The van der Waals surface area contributed by atoms with E-state index in [1.165, 1.54) is 29.2 Å². The maximum atomic E-state index is 13.5. The van der Waals surface area contributed by atoms with Crippen molar-refractivity contribution in [2.75, 3.05) is 18.1 Å². The van der Waals surface area contributed by atoms with Crippen LogP contribution in [0.1, 0.15) is 31.0 Å². The number of aliphatic hydroxyl groups is 1. The van der Waals surface area contributed by atoms with Gasteiger partial charge in [-0.05, 0) is 67.9 Å². The lowest BCUT2D eigenvalue weighted by molar-refractivity contribution is -0.132. The van der Waals surface area contributed by atoms with Crippen LogP contribution < -0.4 is 14.4 Å². The van der Waals surface area contributed by atoms with Crippen molar-refractivity contribution < 1.29 is 28.6 Å². The molecule has 6 nitrogen and oxygen atoms in total. The van der Waals surface area contributed by atoms with E-state index in [2.05, 4.69) is 0 Å². The summed E-state index contributed by atoms with van der Waals surface area (Å²) in [5.74, 6) is -1.38. The number of rotatable bonds is 7. The summed E-state index contributed by atoms with van der Waals surface area (Å²) in [5.41, 5.74) is 1.16. The monoisotopic (exact) mass is 461 g/mol. The molecule has 4 rings (SSSR count). The zero-order valence-electron chi connectivity index (χ0n) is 18.8. The van der Waals surface area contributed by atoms with E-state index in [0.717, 1.165) is 0 Å². The minimum atomic E-state index is -0.928. The van der Waals surface area contributed by atoms with E-state index >= 15 is 0 Å². The van der Waals surface area contributed by atoms with Crippen LogP contribution in [0.2, 0.25) is 0 Å². The Bertz CT molecular complexity index is 1250. The molecule has 7 heteroatoms. The lowest BCUT2D eigenvalue weighted by Crippen LogP contribution is -2.29. The summed E-state index contributed by atoms with van der Waals surface area (Å²) in [6, 6.07) is 18.0.